The van der Waals surface area contributed by atoms with Crippen LogP contribution in [-0.2, 0) is 14.6 Å². The van der Waals surface area contributed by atoms with Crippen LogP contribution in [0.1, 0.15) is 78.1 Å². The van der Waals surface area contributed by atoms with Crippen molar-refractivity contribution in [1.82, 2.24) is 0 Å². The molecule has 1 unspecified atom stereocenters. The van der Waals surface area contributed by atoms with Crippen molar-refractivity contribution in [3.63, 3.8) is 0 Å². The molecule has 0 aromatic heterocycles. The lowest BCUT2D eigenvalue weighted by Gasteiger charge is -2.10. The fraction of sp³-hybridized carbons (Fsp3) is 1.00. The van der Waals surface area contributed by atoms with Crippen molar-refractivity contribution in [1.29, 1.82) is 0 Å². The third-order valence-electron chi connectivity index (χ3n) is 3.37. The maximum absolute atomic E-state index is 10.3. The van der Waals surface area contributed by atoms with Crippen LogP contribution in [0.2, 0.25) is 0 Å². The van der Waals surface area contributed by atoms with Crippen molar-refractivity contribution in [2.75, 3.05) is 6.61 Å². The van der Waals surface area contributed by atoms with Gasteiger partial charge in [0.1, 0.15) is 0 Å². The summed E-state index contributed by atoms with van der Waals surface area (Å²) in [5.74, 6) is 0.754. The van der Waals surface area contributed by atoms with E-state index in [2.05, 4.69) is 18.0 Å². The van der Waals surface area contributed by atoms with E-state index in [9.17, 15) is 8.42 Å². The molecule has 0 aromatic rings. The van der Waals surface area contributed by atoms with Crippen molar-refractivity contribution in [2.24, 2.45) is 5.92 Å². The molecular formula is C14H30O4S. The molecule has 5 heteroatoms. The number of hydrogen-bond acceptors (Lipinski definition) is 3. The Morgan fingerprint density at radius 3 is 2.00 bits per heavy atom. The van der Waals surface area contributed by atoms with Gasteiger partial charge in [0.15, 0.2) is 0 Å². The molecule has 0 fully saturated rings. The fourth-order valence-electron chi connectivity index (χ4n) is 2.18. The lowest BCUT2D eigenvalue weighted by molar-refractivity contribution is 0.260. The molecule has 0 aliphatic carbocycles. The Morgan fingerprint density at radius 2 is 1.47 bits per heavy atom. The maximum Gasteiger partial charge on any atom is 0.397 e. The summed E-state index contributed by atoms with van der Waals surface area (Å²) in [6, 6.07) is 0. The van der Waals surface area contributed by atoms with Gasteiger partial charge in [0.2, 0.25) is 0 Å². The Kier molecular flexibility index (Phi) is 11.6. The van der Waals surface area contributed by atoms with Crippen LogP contribution < -0.4 is 0 Å². The van der Waals surface area contributed by atoms with Crippen LogP contribution in [0.15, 0.2) is 0 Å². The largest absolute Gasteiger partial charge is 0.397 e. The molecule has 19 heavy (non-hydrogen) atoms. The summed E-state index contributed by atoms with van der Waals surface area (Å²) in [6.07, 6.45) is 11.9. The zero-order valence-corrected chi connectivity index (χ0v) is 13.3. The van der Waals surface area contributed by atoms with Crippen LogP contribution in [0, 0.1) is 5.92 Å². The molecule has 0 amide bonds. The molecule has 0 bridgehead atoms. The van der Waals surface area contributed by atoms with Crippen molar-refractivity contribution >= 4 is 10.4 Å². The average molecular weight is 294 g/mol. The third-order valence-corrected chi connectivity index (χ3v) is 3.84. The molecule has 0 aliphatic rings. The zero-order chi connectivity index (χ0) is 14.6. The summed E-state index contributed by atoms with van der Waals surface area (Å²) in [6.45, 7) is 4.60. The Balaban J connectivity index is 3.27. The Labute approximate surface area is 118 Å². The maximum atomic E-state index is 10.3. The van der Waals surface area contributed by atoms with Crippen molar-refractivity contribution in [2.45, 2.75) is 78.1 Å². The van der Waals surface area contributed by atoms with Gasteiger partial charge in [-0.1, -0.05) is 71.6 Å². The van der Waals surface area contributed by atoms with Crippen LogP contribution in [0.5, 0.6) is 0 Å². The molecule has 0 spiro atoms. The molecule has 1 N–H and O–H groups in total. The van der Waals surface area contributed by atoms with E-state index in [-0.39, 0.29) is 6.61 Å². The van der Waals surface area contributed by atoms with Gasteiger partial charge >= 0.3 is 10.4 Å². The third kappa shape index (κ3) is 15.8. The van der Waals surface area contributed by atoms with Gasteiger partial charge < -0.3 is 0 Å². The van der Waals surface area contributed by atoms with Gasteiger partial charge in [-0.15, -0.1) is 0 Å². The van der Waals surface area contributed by atoms with Gasteiger partial charge in [0, 0.05) is 0 Å². The van der Waals surface area contributed by atoms with Gasteiger partial charge in [-0.25, -0.2) is 4.18 Å². The summed E-state index contributed by atoms with van der Waals surface area (Å²) >= 11 is 0. The van der Waals surface area contributed by atoms with E-state index in [4.69, 9.17) is 4.55 Å². The first-order valence-corrected chi connectivity index (χ1v) is 8.94. The monoisotopic (exact) mass is 294 g/mol. The molecule has 0 saturated carbocycles. The number of rotatable bonds is 13. The highest BCUT2D eigenvalue weighted by atomic mass is 32.3. The lowest BCUT2D eigenvalue weighted by atomic mass is 9.96. The molecule has 0 aliphatic heterocycles. The van der Waals surface area contributed by atoms with Gasteiger partial charge in [-0.2, -0.15) is 8.42 Å². The Morgan fingerprint density at radius 1 is 0.947 bits per heavy atom. The summed E-state index contributed by atoms with van der Waals surface area (Å²) in [5, 5.41) is 0. The smallest absolute Gasteiger partial charge is 0.264 e. The predicted octanol–water partition coefficient (Wildman–Crippen LogP) is 4.36. The van der Waals surface area contributed by atoms with E-state index in [1.165, 1.54) is 44.9 Å². The molecule has 116 valence electrons. The summed E-state index contributed by atoms with van der Waals surface area (Å²) in [5.41, 5.74) is 0. The predicted molar refractivity (Wildman–Crippen MR) is 78.5 cm³/mol. The highest BCUT2D eigenvalue weighted by Crippen LogP contribution is 2.17. The van der Waals surface area contributed by atoms with Crippen LogP contribution in [0.4, 0.5) is 0 Å². The first-order chi connectivity index (χ1) is 8.95. The van der Waals surface area contributed by atoms with Gasteiger partial charge in [-0.05, 0) is 12.3 Å². The Hall–Kier alpha value is -0.130. The first-order valence-electron chi connectivity index (χ1n) is 7.57. The fourth-order valence-corrected chi connectivity index (χ4v) is 2.51. The molecule has 0 radical (unpaired) electrons. The average Bonchev–Trinajstić information content (AvgIpc) is 2.32. The summed E-state index contributed by atoms with van der Waals surface area (Å²) in [4.78, 5) is 0. The van der Waals surface area contributed by atoms with Crippen molar-refractivity contribution < 1.29 is 17.2 Å². The van der Waals surface area contributed by atoms with E-state index in [0.717, 1.165) is 18.8 Å². The number of hydrogen-bond donors (Lipinski definition) is 1. The normalized spacial score (nSPS) is 13.6. The molecule has 1 atom stereocenters. The SMILES string of the molecule is CCCCCCCC(C)CCCCCOS(=O)(=O)O. The zero-order valence-electron chi connectivity index (χ0n) is 12.4. The van der Waals surface area contributed by atoms with Crippen LogP contribution in [0.3, 0.4) is 0 Å². The summed E-state index contributed by atoms with van der Waals surface area (Å²) in [7, 11) is -4.25. The highest BCUT2D eigenvalue weighted by Gasteiger charge is 2.04. The van der Waals surface area contributed by atoms with E-state index >= 15 is 0 Å². The van der Waals surface area contributed by atoms with E-state index in [1.807, 2.05) is 0 Å². The topological polar surface area (TPSA) is 63.6 Å². The molecule has 0 rings (SSSR count). The van der Waals surface area contributed by atoms with Crippen LogP contribution in [0.25, 0.3) is 0 Å². The van der Waals surface area contributed by atoms with Gasteiger partial charge in [0.25, 0.3) is 0 Å². The second-order valence-electron chi connectivity index (χ2n) is 5.41. The van der Waals surface area contributed by atoms with Gasteiger partial charge in [-0.3, -0.25) is 4.55 Å². The Bertz CT molecular complexity index is 288. The second-order valence-corrected chi connectivity index (χ2v) is 6.50. The lowest BCUT2D eigenvalue weighted by Crippen LogP contribution is -2.04. The molecule has 4 nitrogen and oxygen atoms in total. The highest BCUT2D eigenvalue weighted by molar-refractivity contribution is 7.80. The van der Waals surface area contributed by atoms with Crippen LogP contribution >= 0.6 is 0 Å². The van der Waals surface area contributed by atoms with E-state index in [0.29, 0.717) is 6.42 Å². The minimum Gasteiger partial charge on any atom is -0.264 e. The molecule has 0 aromatic carbocycles. The van der Waals surface area contributed by atoms with Crippen molar-refractivity contribution in [3.05, 3.63) is 0 Å². The first kappa shape index (κ1) is 18.9. The van der Waals surface area contributed by atoms with Crippen LogP contribution in [-0.4, -0.2) is 19.6 Å². The summed E-state index contributed by atoms with van der Waals surface area (Å²) < 4.78 is 33.2. The number of unbranched alkanes of at least 4 members (excludes halogenated alkanes) is 6. The minimum atomic E-state index is -4.25. The second kappa shape index (κ2) is 11.7. The van der Waals surface area contributed by atoms with Crippen molar-refractivity contribution in [3.8, 4) is 0 Å². The van der Waals surface area contributed by atoms with E-state index < -0.39 is 10.4 Å². The minimum absolute atomic E-state index is 0.0875. The quantitative estimate of drug-likeness (QED) is 0.405. The van der Waals surface area contributed by atoms with Gasteiger partial charge in [0.05, 0.1) is 6.61 Å². The van der Waals surface area contributed by atoms with E-state index in [1.54, 1.807) is 0 Å². The molecule has 0 heterocycles. The molecule has 0 saturated heterocycles. The standard InChI is InChI=1S/C14H30O4S/c1-3-4-5-6-8-11-14(2)12-9-7-10-13-18-19(15,16)17/h14H,3-13H2,1-2H3,(H,15,16,17). The molecular weight excluding hydrogens is 264 g/mol.